The van der Waals surface area contributed by atoms with Crippen LogP contribution in [0.3, 0.4) is 0 Å². The maximum absolute atomic E-state index is 2.84. The number of fused-ring (bicyclic) bond motifs is 3. The van der Waals surface area contributed by atoms with E-state index >= 15 is 0 Å². The molecule has 4 aliphatic carbocycles. The molecule has 0 saturated heterocycles. The van der Waals surface area contributed by atoms with Crippen molar-refractivity contribution in [1.82, 2.24) is 4.57 Å². The fraction of sp³-hybridized carbons (Fsp3) is 0.250. The first-order valence-corrected chi connectivity index (χ1v) is 15.3. The van der Waals surface area contributed by atoms with E-state index in [1.54, 1.807) is 0 Å². The number of hydrogen-bond acceptors (Lipinski definition) is 0. The summed E-state index contributed by atoms with van der Waals surface area (Å²) < 4.78 is 2.84. The summed E-state index contributed by atoms with van der Waals surface area (Å²) in [6, 6.07) is 53.1. The van der Waals surface area contributed by atoms with E-state index in [1.807, 2.05) is 0 Å². The van der Waals surface area contributed by atoms with E-state index in [1.165, 1.54) is 77.0 Å². The Kier molecular flexibility index (Phi) is 4.73. The lowest BCUT2D eigenvalue weighted by Gasteiger charge is -2.71. The maximum Gasteiger partial charge on any atom is 0.0496 e. The quantitative estimate of drug-likeness (QED) is 0.214. The highest BCUT2D eigenvalue weighted by Gasteiger charge is 2.70. The Morgan fingerprint density at radius 2 is 0.659 bits per heavy atom. The van der Waals surface area contributed by atoms with Crippen molar-refractivity contribution in [2.45, 2.75) is 60.3 Å². The van der Waals surface area contributed by atoms with Gasteiger partial charge < -0.3 is 4.57 Å². The molecule has 0 atom stereocenters. The summed E-state index contributed by atoms with van der Waals surface area (Å²) in [5.41, 5.74) is 7.70. The Hall–Kier alpha value is -4.10. The van der Waals surface area contributed by atoms with Gasteiger partial charge in [-0.1, -0.05) is 127 Å². The average molecular weight is 530 g/mol. The molecule has 0 unspecified atom stereocenters. The van der Waals surface area contributed by atoms with Gasteiger partial charge in [0.1, 0.15) is 0 Å². The van der Waals surface area contributed by atoms with E-state index in [4.69, 9.17) is 0 Å². The lowest BCUT2D eigenvalue weighted by molar-refractivity contribution is -0.0955. The molecule has 4 bridgehead atoms. The first-order valence-electron chi connectivity index (χ1n) is 15.3. The molecular weight excluding hydrogens is 494 g/mol. The van der Waals surface area contributed by atoms with Gasteiger partial charge in [-0.3, -0.25) is 0 Å². The van der Waals surface area contributed by atoms with Crippen LogP contribution in [0.1, 0.15) is 55.2 Å². The van der Waals surface area contributed by atoms with Gasteiger partial charge in [0, 0.05) is 27.3 Å². The van der Waals surface area contributed by atoms with Crippen molar-refractivity contribution in [3.05, 3.63) is 156 Å². The van der Waals surface area contributed by atoms with Gasteiger partial charge in [0.05, 0.1) is 0 Å². The summed E-state index contributed by atoms with van der Waals surface area (Å²) in [4.78, 5) is 0. The molecule has 200 valence electrons. The van der Waals surface area contributed by atoms with Crippen molar-refractivity contribution >= 4 is 21.8 Å². The Morgan fingerprint density at radius 3 is 1.02 bits per heavy atom. The zero-order valence-corrected chi connectivity index (χ0v) is 23.5. The molecule has 4 aliphatic rings. The highest BCUT2D eigenvalue weighted by molar-refractivity contribution is 6.08. The fourth-order valence-electron chi connectivity index (χ4n) is 10.5. The van der Waals surface area contributed by atoms with E-state index in [-0.39, 0.29) is 21.8 Å². The maximum atomic E-state index is 2.84. The number of rotatable bonds is 4. The van der Waals surface area contributed by atoms with Crippen LogP contribution in [0.2, 0.25) is 0 Å². The largest absolute Gasteiger partial charge is 0.334 e. The minimum absolute atomic E-state index is 0.00101. The second-order valence-corrected chi connectivity index (χ2v) is 13.6. The molecule has 1 nitrogen and oxygen atoms in total. The molecule has 0 spiro atoms. The van der Waals surface area contributed by atoms with Gasteiger partial charge in [-0.15, -0.1) is 0 Å². The first-order chi connectivity index (χ1) is 20.1. The topological polar surface area (TPSA) is 4.93 Å². The van der Waals surface area contributed by atoms with E-state index in [0.717, 1.165) is 0 Å². The average Bonchev–Trinajstić information content (AvgIpc) is 3.37. The van der Waals surface area contributed by atoms with Crippen LogP contribution in [0.5, 0.6) is 0 Å². The number of benzene rings is 5. The van der Waals surface area contributed by atoms with Crippen LogP contribution in [0, 0.1) is 0 Å². The molecule has 41 heavy (non-hydrogen) atoms. The van der Waals surface area contributed by atoms with Crippen molar-refractivity contribution in [2.24, 2.45) is 0 Å². The zero-order chi connectivity index (χ0) is 27.1. The minimum Gasteiger partial charge on any atom is -0.334 e. The summed E-state index contributed by atoms with van der Waals surface area (Å²) in [5, 5.41) is 2.77. The van der Waals surface area contributed by atoms with Crippen molar-refractivity contribution < 1.29 is 0 Å². The van der Waals surface area contributed by atoms with E-state index in [0.29, 0.717) is 0 Å². The van der Waals surface area contributed by atoms with Crippen LogP contribution >= 0.6 is 0 Å². The van der Waals surface area contributed by atoms with Gasteiger partial charge in [0.15, 0.2) is 0 Å². The third-order valence-electron chi connectivity index (χ3n) is 11.2. The van der Waals surface area contributed by atoms with E-state index < -0.39 is 0 Å². The first kappa shape index (κ1) is 23.6. The van der Waals surface area contributed by atoms with E-state index in [9.17, 15) is 0 Å². The molecular formula is C40H35N. The Morgan fingerprint density at radius 1 is 0.341 bits per heavy atom. The third kappa shape index (κ3) is 3.18. The molecule has 4 saturated carbocycles. The van der Waals surface area contributed by atoms with Crippen LogP contribution in [0.4, 0.5) is 0 Å². The smallest absolute Gasteiger partial charge is 0.0496 e. The fourth-order valence-corrected chi connectivity index (χ4v) is 10.5. The second-order valence-electron chi connectivity index (χ2n) is 13.6. The van der Waals surface area contributed by atoms with Crippen molar-refractivity contribution in [3.63, 3.8) is 0 Å². The summed E-state index contributed by atoms with van der Waals surface area (Å²) >= 11 is 0. The normalized spacial score (nSPS) is 30.2. The van der Waals surface area contributed by atoms with Gasteiger partial charge in [-0.2, -0.15) is 0 Å². The van der Waals surface area contributed by atoms with Crippen molar-refractivity contribution in [2.75, 3.05) is 0 Å². The number of para-hydroxylation sites is 2. The summed E-state index contributed by atoms with van der Waals surface area (Å²) in [5.74, 6) is 0. The van der Waals surface area contributed by atoms with Gasteiger partial charge in [0.2, 0.25) is 0 Å². The Balaban J connectivity index is 1.41. The standard InChI is InChI=1S/C40H35N/c1-4-14-30(15-5-1)37-24-38(31-16-6-2-7-17-31)26-39(25-37,32-18-8-3-9-19-32)29-40(27-37,28-38)41-35-22-12-10-20-33(35)34-21-11-13-23-36(34)41/h1-23H,24-29H2. The molecule has 0 N–H and O–H groups in total. The lowest BCUT2D eigenvalue weighted by atomic mass is 9.34. The molecule has 10 rings (SSSR count). The molecule has 0 radical (unpaired) electrons. The Bertz CT molecular complexity index is 1700. The molecule has 0 aliphatic heterocycles. The van der Waals surface area contributed by atoms with Gasteiger partial charge >= 0.3 is 0 Å². The van der Waals surface area contributed by atoms with Crippen LogP contribution in [0.25, 0.3) is 21.8 Å². The highest BCUT2D eigenvalue weighted by atomic mass is 15.1. The summed E-state index contributed by atoms with van der Waals surface area (Å²) in [6.45, 7) is 0. The molecule has 1 aromatic heterocycles. The van der Waals surface area contributed by atoms with Gasteiger partial charge in [-0.05, 0) is 83.6 Å². The van der Waals surface area contributed by atoms with Gasteiger partial charge in [0.25, 0.3) is 0 Å². The predicted octanol–water partition coefficient (Wildman–Crippen LogP) is 9.69. The van der Waals surface area contributed by atoms with Crippen LogP contribution < -0.4 is 0 Å². The van der Waals surface area contributed by atoms with Crippen molar-refractivity contribution in [3.8, 4) is 0 Å². The zero-order valence-electron chi connectivity index (χ0n) is 23.5. The number of aromatic nitrogens is 1. The predicted molar refractivity (Wildman–Crippen MR) is 169 cm³/mol. The molecule has 5 aromatic carbocycles. The SMILES string of the molecule is c1ccc(C23CC4(c5ccccc5)CC(c5ccccc5)(C2)CC(n2c5ccccc5c5ccccc52)(C3)C4)cc1. The van der Waals surface area contributed by atoms with Crippen LogP contribution in [-0.4, -0.2) is 4.57 Å². The number of hydrogen-bond donors (Lipinski definition) is 0. The summed E-state index contributed by atoms with van der Waals surface area (Å²) in [7, 11) is 0. The highest BCUT2D eigenvalue weighted by Crippen LogP contribution is 2.74. The van der Waals surface area contributed by atoms with Crippen LogP contribution in [0.15, 0.2) is 140 Å². The summed E-state index contributed by atoms with van der Waals surface area (Å²) in [6.07, 6.45) is 7.24. The lowest BCUT2D eigenvalue weighted by Crippen LogP contribution is -2.68. The molecule has 6 aromatic rings. The molecule has 1 heterocycles. The second kappa shape index (κ2) is 8.23. The Labute approximate surface area is 242 Å². The van der Waals surface area contributed by atoms with E-state index in [2.05, 4.69) is 144 Å². The van der Waals surface area contributed by atoms with Crippen LogP contribution in [-0.2, 0) is 21.8 Å². The molecule has 4 fully saturated rings. The number of nitrogens with zero attached hydrogens (tertiary/aromatic N) is 1. The molecule has 1 heteroatoms. The van der Waals surface area contributed by atoms with Gasteiger partial charge in [-0.25, -0.2) is 0 Å². The minimum atomic E-state index is -0.00101. The third-order valence-corrected chi connectivity index (χ3v) is 11.2. The monoisotopic (exact) mass is 529 g/mol. The van der Waals surface area contributed by atoms with Crippen molar-refractivity contribution in [1.29, 1.82) is 0 Å². The molecule has 0 amide bonds.